The van der Waals surface area contributed by atoms with Gasteiger partial charge in [-0.2, -0.15) is 0 Å². The van der Waals surface area contributed by atoms with Crippen LogP contribution in [-0.4, -0.2) is 33.0 Å². The molecule has 0 saturated carbocycles. The first-order chi connectivity index (χ1) is 6.16. The van der Waals surface area contributed by atoms with Gasteiger partial charge in [0.05, 0.1) is 5.75 Å². The van der Waals surface area contributed by atoms with Gasteiger partial charge in [0.1, 0.15) is 9.84 Å². The Morgan fingerprint density at radius 1 is 1.36 bits per heavy atom. The van der Waals surface area contributed by atoms with E-state index >= 15 is 0 Å². The number of hydrogen-bond acceptors (Lipinski definition) is 3. The third-order valence-electron chi connectivity index (χ3n) is 2.44. The van der Waals surface area contributed by atoms with E-state index in [9.17, 15) is 8.42 Å². The lowest BCUT2D eigenvalue weighted by Crippen LogP contribution is -2.38. The summed E-state index contributed by atoms with van der Waals surface area (Å²) in [6.07, 6.45) is 2.36. The zero-order valence-electron chi connectivity index (χ0n) is 9.92. The minimum Gasteiger partial charge on any atom is -0.313 e. The minimum absolute atomic E-state index is 0.0378. The van der Waals surface area contributed by atoms with Crippen LogP contribution in [0.3, 0.4) is 0 Å². The van der Waals surface area contributed by atoms with E-state index in [0.717, 1.165) is 13.0 Å². The zero-order chi connectivity index (χ0) is 11.4. The summed E-state index contributed by atoms with van der Waals surface area (Å²) in [6.45, 7) is 9.26. The van der Waals surface area contributed by atoms with Gasteiger partial charge in [-0.25, -0.2) is 8.42 Å². The molecule has 0 fully saturated rings. The van der Waals surface area contributed by atoms with E-state index in [2.05, 4.69) is 26.1 Å². The van der Waals surface area contributed by atoms with Crippen LogP contribution in [0.1, 0.15) is 34.1 Å². The van der Waals surface area contributed by atoms with Crippen LogP contribution in [0.5, 0.6) is 0 Å². The van der Waals surface area contributed by atoms with Crippen LogP contribution in [0, 0.1) is 5.41 Å². The van der Waals surface area contributed by atoms with Crippen LogP contribution in [0.25, 0.3) is 0 Å². The molecule has 0 aliphatic rings. The predicted octanol–water partition coefficient (Wildman–Crippen LogP) is 1.45. The fraction of sp³-hybridized carbons (Fsp3) is 1.00. The van der Waals surface area contributed by atoms with Crippen molar-refractivity contribution in [2.75, 3.05) is 18.6 Å². The maximum absolute atomic E-state index is 11.0. The van der Waals surface area contributed by atoms with Crippen LogP contribution in [0.2, 0.25) is 0 Å². The van der Waals surface area contributed by atoms with E-state index in [-0.39, 0.29) is 17.2 Å². The van der Waals surface area contributed by atoms with E-state index in [1.807, 2.05) is 6.92 Å². The SMILES string of the molecule is CCC(C)(C)CNC(C)CS(C)(=O)=O. The lowest BCUT2D eigenvalue weighted by Gasteiger charge is -2.25. The molecule has 0 rings (SSSR count). The van der Waals surface area contributed by atoms with Crippen molar-refractivity contribution in [2.24, 2.45) is 5.41 Å². The van der Waals surface area contributed by atoms with Crippen LogP contribution in [0.15, 0.2) is 0 Å². The Kier molecular flexibility index (Phi) is 5.09. The molecule has 1 unspecified atom stereocenters. The Morgan fingerprint density at radius 3 is 2.21 bits per heavy atom. The molecule has 0 bridgehead atoms. The van der Waals surface area contributed by atoms with Gasteiger partial charge < -0.3 is 5.32 Å². The average molecular weight is 221 g/mol. The predicted molar refractivity (Wildman–Crippen MR) is 61.2 cm³/mol. The van der Waals surface area contributed by atoms with Crippen molar-refractivity contribution >= 4 is 9.84 Å². The normalized spacial score (nSPS) is 15.5. The van der Waals surface area contributed by atoms with Gasteiger partial charge >= 0.3 is 0 Å². The third kappa shape index (κ3) is 7.33. The molecule has 3 nitrogen and oxygen atoms in total. The zero-order valence-corrected chi connectivity index (χ0v) is 10.7. The Balaban J connectivity index is 3.92. The molecule has 0 aliphatic heterocycles. The second kappa shape index (κ2) is 5.12. The monoisotopic (exact) mass is 221 g/mol. The van der Waals surface area contributed by atoms with Gasteiger partial charge in [-0.1, -0.05) is 20.8 Å². The van der Waals surface area contributed by atoms with Gasteiger partial charge in [0.2, 0.25) is 0 Å². The second-order valence-electron chi connectivity index (χ2n) is 4.89. The molecule has 86 valence electrons. The van der Waals surface area contributed by atoms with Crippen molar-refractivity contribution in [3.05, 3.63) is 0 Å². The first-order valence-electron chi connectivity index (χ1n) is 5.07. The molecule has 0 saturated heterocycles. The highest BCUT2D eigenvalue weighted by Crippen LogP contribution is 2.17. The Labute approximate surface area is 88.2 Å². The summed E-state index contributed by atoms with van der Waals surface area (Å²) in [5.74, 6) is 0.215. The van der Waals surface area contributed by atoms with Gasteiger partial charge in [-0.05, 0) is 18.8 Å². The number of sulfone groups is 1. The quantitative estimate of drug-likeness (QED) is 0.738. The first kappa shape index (κ1) is 13.9. The van der Waals surface area contributed by atoms with Gasteiger partial charge in [-0.3, -0.25) is 0 Å². The molecule has 14 heavy (non-hydrogen) atoms. The van der Waals surface area contributed by atoms with Crippen LogP contribution >= 0.6 is 0 Å². The molecule has 0 aliphatic carbocycles. The molecular formula is C10H23NO2S. The topological polar surface area (TPSA) is 46.2 Å². The van der Waals surface area contributed by atoms with Crippen LogP contribution in [-0.2, 0) is 9.84 Å². The molecule has 1 N–H and O–H groups in total. The van der Waals surface area contributed by atoms with Gasteiger partial charge in [0.15, 0.2) is 0 Å². The number of rotatable bonds is 6. The number of nitrogens with one attached hydrogen (secondary N) is 1. The smallest absolute Gasteiger partial charge is 0.148 e. The molecular weight excluding hydrogens is 198 g/mol. The van der Waals surface area contributed by atoms with Crippen molar-refractivity contribution in [3.8, 4) is 0 Å². The third-order valence-corrected chi connectivity index (χ3v) is 3.54. The molecule has 4 heteroatoms. The average Bonchev–Trinajstić information content (AvgIpc) is 1.98. The number of hydrogen-bond donors (Lipinski definition) is 1. The standard InChI is InChI=1S/C10H23NO2S/c1-6-10(3,4)8-11-9(2)7-14(5,12)13/h9,11H,6-8H2,1-5H3. The van der Waals surface area contributed by atoms with Crippen molar-refractivity contribution in [3.63, 3.8) is 0 Å². The van der Waals surface area contributed by atoms with Crippen molar-refractivity contribution < 1.29 is 8.42 Å². The molecule has 0 aromatic carbocycles. The second-order valence-corrected chi connectivity index (χ2v) is 7.08. The first-order valence-corrected chi connectivity index (χ1v) is 7.13. The summed E-state index contributed by atoms with van der Waals surface area (Å²) >= 11 is 0. The molecule has 0 heterocycles. The van der Waals surface area contributed by atoms with Crippen molar-refractivity contribution in [1.29, 1.82) is 0 Å². The molecule has 1 atom stereocenters. The minimum atomic E-state index is -2.86. The van der Waals surface area contributed by atoms with Gasteiger partial charge in [0.25, 0.3) is 0 Å². The van der Waals surface area contributed by atoms with Crippen LogP contribution in [0.4, 0.5) is 0 Å². The molecule has 0 amide bonds. The summed E-state index contributed by atoms with van der Waals surface area (Å²) < 4.78 is 22.0. The Morgan fingerprint density at radius 2 is 1.86 bits per heavy atom. The Bertz CT molecular complexity index is 257. The van der Waals surface area contributed by atoms with E-state index in [0.29, 0.717) is 0 Å². The van der Waals surface area contributed by atoms with E-state index in [1.165, 1.54) is 6.26 Å². The maximum Gasteiger partial charge on any atom is 0.148 e. The lowest BCUT2D eigenvalue weighted by molar-refractivity contribution is 0.317. The van der Waals surface area contributed by atoms with E-state index in [4.69, 9.17) is 0 Å². The summed E-state index contributed by atoms with van der Waals surface area (Å²) in [5.41, 5.74) is 0.242. The summed E-state index contributed by atoms with van der Waals surface area (Å²) in [7, 11) is -2.86. The fourth-order valence-corrected chi connectivity index (χ4v) is 2.11. The largest absolute Gasteiger partial charge is 0.313 e. The highest BCUT2D eigenvalue weighted by atomic mass is 32.2. The summed E-state index contributed by atoms with van der Waals surface area (Å²) in [6, 6.07) is 0.0378. The van der Waals surface area contributed by atoms with Gasteiger partial charge in [0, 0.05) is 18.8 Å². The van der Waals surface area contributed by atoms with Crippen LogP contribution < -0.4 is 5.32 Å². The summed E-state index contributed by atoms with van der Waals surface area (Å²) in [4.78, 5) is 0. The van der Waals surface area contributed by atoms with Gasteiger partial charge in [-0.15, -0.1) is 0 Å². The van der Waals surface area contributed by atoms with Crippen molar-refractivity contribution in [2.45, 2.75) is 40.2 Å². The highest BCUT2D eigenvalue weighted by molar-refractivity contribution is 7.90. The molecule has 0 aromatic heterocycles. The maximum atomic E-state index is 11.0. The highest BCUT2D eigenvalue weighted by Gasteiger charge is 2.17. The fourth-order valence-electron chi connectivity index (χ4n) is 1.09. The Hall–Kier alpha value is -0.0900. The van der Waals surface area contributed by atoms with Crippen molar-refractivity contribution in [1.82, 2.24) is 5.32 Å². The lowest BCUT2D eigenvalue weighted by atomic mass is 9.90. The summed E-state index contributed by atoms with van der Waals surface area (Å²) in [5, 5.41) is 3.25. The molecule has 0 aromatic rings. The van der Waals surface area contributed by atoms with E-state index in [1.54, 1.807) is 0 Å². The van der Waals surface area contributed by atoms with E-state index < -0.39 is 9.84 Å². The molecule has 0 spiro atoms. The molecule has 0 radical (unpaired) electrons.